The minimum atomic E-state index is -0.0241. The third kappa shape index (κ3) is 3.48. The molecule has 1 rings (SSSR count). The average molecular weight is 211 g/mol. The molecule has 1 aromatic rings. The van der Waals surface area contributed by atoms with Gasteiger partial charge >= 0.3 is 0 Å². The van der Waals surface area contributed by atoms with Crippen LogP contribution in [-0.2, 0) is 0 Å². The van der Waals surface area contributed by atoms with Crippen molar-refractivity contribution in [2.24, 2.45) is 5.73 Å². The van der Waals surface area contributed by atoms with Crippen molar-refractivity contribution in [1.82, 2.24) is 4.98 Å². The van der Waals surface area contributed by atoms with E-state index in [1.165, 1.54) is 0 Å². The zero-order valence-corrected chi connectivity index (χ0v) is 9.09. The van der Waals surface area contributed by atoms with E-state index in [2.05, 4.69) is 11.6 Å². The van der Waals surface area contributed by atoms with Gasteiger partial charge in [0.15, 0.2) is 0 Å². The summed E-state index contributed by atoms with van der Waals surface area (Å²) in [5.74, 6) is 0. The van der Waals surface area contributed by atoms with Crippen LogP contribution in [0, 0.1) is 0 Å². The van der Waals surface area contributed by atoms with E-state index in [0.717, 1.165) is 24.1 Å². The molecule has 1 unspecified atom stereocenters. The minimum absolute atomic E-state index is 0.0241. The number of nitrogens with two attached hydrogens (primary N) is 1. The molecule has 0 aromatic carbocycles. The van der Waals surface area contributed by atoms with Crippen LogP contribution in [0.3, 0.4) is 0 Å². The Morgan fingerprint density at radius 3 is 2.86 bits per heavy atom. The zero-order chi connectivity index (χ0) is 10.6. The van der Waals surface area contributed by atoms with Crippen LogP contribution in [0.1, 0.15) is 31.5 Å². The van der Waals surface area contributed by atoms with Crippen molar-refractivity contribution in [2.45, 2.75) is 25.8 Å². The van der Waals surface area contributed by atoms with Crippen LogP contribution in [0.15, 0.2) is 30.5 Å². The van der Waals surface area contributed by atoms with Gasteiger partial charge in [-0.2, -0.15) is 0 Å². The Kier molecular flexibility index (Phi) is 4.11. The molecule has 0 spiro atoms. The summed E-state index contributed by atoms with van der Waals surface area (Å²) in [4.78, 5) is 4.17. The molecule has 0 aliphatic rings. The minimum Gasteiger partial charge on any atom is -0.323 e. The zero-order valence-electron chi connectivity index (χ0n) is 8.33. The van der Waals surface area contributed by atoms with Gasteiger partial charge in [-0.1, -0.05) is 17.2 Å². The maximum Gasteiger partial charge on any atom is 0.0589 e. The number of halogens is 1. The molecule has 1 aromatic heterocycles. The molecule has 2 N–H and O–H groups in total. The molecular formula is C11H15ClN2. The van der Waals surface area contributed by atoms with E-state index in [4.69, 9.17) is 17.3 Å². The number of aromatic nitrogens is 1. The lowest BCUT2D eigenvalue weighted by atomic mass is 10.1. The summed E-state index contributed by atoms with van der Waals surface area (Å²) in [6.07, 6.45) is 3.44. The molecule has 2 nitrogen and oxygen atoms in total. The van der Waals surface area contributed by atoms with E-state index in [1.54, 1.807) is 6.20 Å². The molecule has 0 saturated heterocycles. The maximum absolute atomic E-state index is 5.95. The highest BCUT2D eigenvalue weighted by Crippen LogP contribution is 2.17. The molecule has 0 aliphatic carbocycles. The number of pyridine rings is 1. The van der Waals surface area contributed by atoms with Crippen LogP contribution in [0.5, 0.6) is 0 Å². The molecule has 0 saturated carbocycles. The van der Waals surface area contributed by atoms with Crippen molar-refractivity contribution >= 4 is 11.6 Å². The van der Waals surface area contributed by atoms with Crippen LogP contribution in [-0.4, -0.2) is 4.98 Å². The molecule has 0 aliphatic heterocycles. The molecule has 0 bridgehead atoms. The highest BCUT2D eigenvalue weighted by atomic mass is 35.5. The second-order valence-electron chi connectivity index (χ2n) is 3.50. The van der Waals surface area contributed by atoms with Gasteiger partial charge in [0.25, 0.3) is 0 Å². The quantitative estimate of drug-likeness (QED) is 0.776. The highest BCUT2D eigenvalue weighted by molar-refractivity contribution is 6.30. The number of hydrogen-bond donors (Lipinski definition) is 1. The first-order valence-electron chi connectivity index (χ1n) is 4.61. The van der Waals surface area contributed by atoms with E-state index >= 15 is 0 Å². The Hall–Kier alpha value is -0.860. The van der Waals surface area contributed by atoms with Crippen LogP contribution >= 0.6 is 11.6 Å². The molecule has 14 heavy (non-hydrogen) atoms. The number of allylic oxidation sites excluding steroid dienone is 1. The first-order valence-corrected chi connectivity index (χ1v) is 4.99. The van der Waals surface area contributed by atoms with E-state index in [1.807, 2.05) is 19.1 Å². The Morgan fingerprint density at radius 1 is 1.64 bits per heavy atom. The predicted molar refractivity (Wildman–Crippen MR) is 60.2 cm³/mol. The molecule has 76 valence electrons. The maximum atomic E-state index is 5.95. The monoisotopic (exact) mass is 210 g/mol. The Balaban J connectivity index is 2.56. The van der Waals surface area contributed by atoms with Crippen molar-refractivity contribution in [3.8, 4) is 0 Å². The van der Waals surface area contributed by atoms with Crippen molar-refractivity contribution < 1.29 is 0 Å². The fourth-order valence-corrected chi connectivity index (χ4v) is 1.27. The summed E-state index contributed by atoms with van der Waals surface area (Å²) in [5.41, 5.74) is 7.98. The topological polar surface area (TPSA) is 38.9 Å². The van der Waals surface area contributed by atoms with Crippen LogP contribution in [0.25, 0.3) is 0 Å². The summed E-state index contributed by atoms with van der Waals surface area (Å²) in [6, 6.07) is 3.65. The summed E-state index contributed by atoms with van der Waals surface area (Å²) in [7, 11) is 0. The Labute approximate surface area is 89.8 Å². The van der Waals surface area contributed by atoms with Gasteiger partial charge in [-0.3, -0.25) is 4.98 Å². The normalized spacial score (nSPS) is 12.5. The van der Waals surface area contributed by atoms with Crippen molar-refractivity contribution in [3.63, 3.8) is 0 Å². The molecule has 0 fully saturated rings. The molecule has 3 heteroatoms. The first kappa shape index (κ1) is 11.2. The Morgan fingerprint density at radius 2 is 2.36 bits per heavy atom. The summed E-state index contributed by atoms with van der Waals surface area (Å²) < 4.78 is 0. The smallest absolute Gasteiger partial charge is 0.0589 e. The molecule has 0 radical (unpaired) electrons. The second kappa shape index (κ2) is 5.13. The van der Waals surface area contributed by atoms with Gasteiger partial charge in [0.2, 0.25) is 0 Å². The lowest BCUT2D eigenvalue weighted by Gasteiger charge is -2.10. The summed E-state index contributed by atoms with van der Waals surface area (Å²) >= 11 is 5.73. The standard InChI is InChI=1S/C11H15ClN2/c1-8(2)3-5-10(13)11-6-4-9(12)7-14-11/h4,6-7,10H,1,3,5,13H2,2H3. The van der Waals surface area contributed by atoms with Crippen molar-refractivity contribution in [3.05, 3.63) is 41.2 Å². The van der Waals surface area contributed by atoms with Gasteiger partial charge in [-0.25, -0.2) is 0 Å². The fourth-order valence-electron chi connectivity index (χ4n) is 1.16. The van der Waals surface area contributed by atoms with Gasteiger partial charge < -0.3 is 5.73 Å². The third-order valence-electron chi connectivity index (χ3n) is 2.01. The van der Waals surface area contributed by atoms with Gasteiger partial charge in [-0.05, 0) is 31.9 Å². The number of hydrogen-bond acceptors (Lipinski definition) is 2. The van der Waals surface area contributed by atoms with E-state index < -0.39 is 0 Å². The number of rotatable bonds is 4. The highest BCUT2D eigenvalue weighted by Gasteiger charge is 2.06. The van der Waals surface area contributed by atoms with Crippen LogP contribution in [0.4, 0.5) is 0 Å². The second-order valence-corrected chi connectivity index (χ2v) is 3.94. The lowest BCUT2D eigenvalue weighted by Crippen LogP contribution is -2.11. The third-order valence-corrected chi connectivity index (χ3v) is 2.24. The largest absolute Gasteiger partial charge is 0.323 e. The first-order chi connectivity index (χ1) is 6.59. The van der Waals surface area contributed by atoms with Gasteiger partial charge in [0.05, 0.1) is 10.7 Å². The van der Waals surface area contributed by atoms with E-state index in [9.17, 15) is 0 Å². The SMILES string of the molecule is C=C(C)CCC(N)c1ccc(Cl)cn1. The fraction of sp³-hybridized carbons (Fsp3) is 0.364. The number of nitrogens with zero attached hydrogens (tertiary/aromatic N) is 1. The van der Waals surface area contributed by atoms with Crippen molar-refractivity contribution in [1.29, 1.82) is 0 Å². The molecular weight excluding hydrogens is 196 g/mol. The average Bonchev–Trinajstić information content (AvgIpc) is 2.15. The van der Waals surface area contributed by atoms with Crippen LogP contribution < -0.4 is 5.73 Å². The summed E-state index contributed by atoms with van der Waals surface area (Å²) in [6.45, 7) is 5.84. The van der Waals surface area contributed by atoms with Gasteiger partial charge in [-0.15, -0.1) is 6.58 Å². The molecule has 1 atom stereocenters. The molecule has 0 amide bonds. The van der Waals surface area contributed by atoms with Crippen LogP contribution in [0.2, 0.25) is 5.02 Å². The summed E-state index contributed by atoms with van der Waals surface area (Å²) in [5, 5.41) is 0.640. The van der Waals surface area contributed by atoms with Crippen molar-refractivity contribution in [2.75, 3.05) is 0 Å². The van der Waals surface area contributed by atoms with E-state index in [-0.39, 0.29) is 6.04 Å². The van der Waals surface area contributed by atoms with Gasteiger partial charge in [0, 0.05) is 12.2 Å². The van der Waals surface area contributed by atoms with E-state index in [0.29, 0.717) is 5.02 Å². The molecule has 1 heterocycles. The predicted octanol–water partition coefficient (Wildman–Crippen LogP) is 3.09. The Bertz CT molecular complexity index is 306. The lowest BCUT2D eigenvalue weighted by molar-refractivity contribution is 0.631. The van der Waals surface area contributed by atoms with Gasteiger partial charge in [0.1, 0.15) is 0 Å².